The van der Waals surface area contributed by atoms with E-state index in [9.17, 15) is 9.90 Å². The maximum atomic E-state index is 12.4. The summed E-state index contributed by atoms with van der Waals surface area (Å²) in [6.07, 6.45) is 5.81. The minimum Gasteiger partial charge on any atom is -0.485 e. The number of hydrogen-bond donors (Lipinski definition) is 1. The van der Waals surface area contributed by atoms with Crippen LogP contribution >= 0.6 is 0 Å². The zero-order valence-electron chi connectivity index (χ0n) is 14.6. The number of amides is 1. The second kappa shape index (κ2) is 5.76. The summed E-state index contributed by atoms with van der Waals surface area (Å²) in [7, 11) is 0. The van der Waals surface area contributed by atoms with Crippen LogP contribution in [0, 0.1) is 0 Å². The van der Waals surface area contributed by atoms with Gasteiger partial charge in [0.05, 0.1) is 6.04 Å². The van der Waals surface area contributed by atoms with E-state index in [1.54, 1.807) is 0 Å². The Morgan fingerprint density at radius 1 is 1.21 bits per heavy atom. The number of carbonyl (C=O) groups excluding carboxylic acids is 1. The van der Waals surface area contributed by atoms with Crippen molar-refractivity contribution in [2.75, 3.05) is 6.54 Å². The second-order valence-electron chi connectivity index (χ2n) is 8.06. The van der Waals surface area contributed by atoms with Crippen LogP contribution in [0.15, 0.2) is 18.2 Å². The summed E-state index contributed by atoms with van der Waals surface area (Å²) in [6.45, 7) is 4.53. The van der Waals surface area contributed by atoms with Crippen molar-refractivity contribution in [3.63, 3.8) is 0 Å². The molecular formula is C20H27NO3. The minimum atomic E-state index is -0.717. The smallest absolute Gasteiger partial charge is 0.223 e. The van der Waals surface area contributed by atoms with E-state index in [4.69, 9.17) is 4.74 Å². The summed E-state index contributed by atoms with van der Waals surface area (Å²) in [5, 5.41) is 11.0. The summed E-state index contributed by atoms with van der Waals surface area (Å²) < 4.78 is 6.09. The first-order valence-corrected chi connectivity index (χ1v) is 9.28. The van der Waals surface area contributed by atoms with Crippen LogP contribution in [0.4, 0.5) is 0 Å². The molecule has 1 saturated heterocycles. The van der Waals surface area contributed by atoms with E-state index >= 15 is 0 Å². The Hall–Kier alpha value is -1.55. The van der Waals surface area contributed by atoms with E-state index in [2.05, 4.69) is 12.1 Å². The Labute approximate surface area is 143 Å². The molecule has 1 amide bonds. The predicted octanol–water partition coefficient (Wildman–Crippen LogP) is 3.54. The van der Waals surface area contributed by atoms with Crippen LogP contribution in [0.3, 0.4) is 0 Å². The molecule has 0 bridgehead atoms. The molecular weight excluding hydrogens is 302 g/mol. The van der Waals surface area contributed by atoms with Gasteiger partial charge in [-0.2, -0.15) is 0 Å². The van der Waals surface area contributed by atoms with Crippen LogP contribution in [0.1, 0.15) is 75.5 Å². The molecule has 2 atom stereocenters. The summed E-state index contributed by atoms with van der Waals surface area (Å²) in [6, 6.07) is 6.12. The fraction of sp³-hybridized carbons (Fsp3) is 0.650. The number of hydrogen-bond acceptors (Lipinski definition) is 3. The van der Waals surface area contributed by atoms with Crippen LogP contribution in [0.5, 0.6) is 5.75 Å². The number of ether oxygens (including phenoxy) is 1. The highest BCUT2D eigenvalue weighted by atomic mass is 16.5. The van der Waals surface area contributed by atoms with E-state index < -0.39 is 11.7 Å². The van der Waals surface area contributed by atoms with Crippen molar-refractivity contribution in [1.29, 1.82) is 0 Å². The van der Waals surface area contributed by atoms with E-state index in [0.29, 0.717) is 12.3 Å². The van der Waals surface area contributed by atoms with Crippen LogP contribution < -0.4 is 4.74 Å². The molecule has 1 aromatic rings. The lowest BCUT2D eigenvalue weighted by molar-refractivity contribution is -0.139. The third-order valence-corrected chi connectivity index (χ3v) is 6.01. The third kappa shape index (κ3) is 2.52. The number of aliphatic hydroxyl groups excluding tert-OH is 1. The highest BCUT2D eigenvalue weighted by molar-refractivity contribution is 5.79. The van der Waals surface area contributed by atoms with Gasteiger partial charge in [-0.25, -0.2) is 0 Å². The molecule has 1 saturated carbocycles. The van der Waals surface area contributed by atoms with Gasteiger partial charge in [-0.15, -0.1) is 0 Å². The Balaban J connectivity index is 1.77. The van der Waals surface area contributed by atoms with Gasteiger partial charge in [-0.05, 0) is 56.7 Å². The SMILES string of the molecule is CC1(C)Oc2ccc(C3CCCC3)cc2C(N2CCCC2=O)[C@@H]1O. The number of nitrogens with zero attached hydrogens (tertiary/aromatic N) is 1. The van der Waals surface area contributed by atoms with E-state index in [-0.39, 0.29) is 11.9 Å². The maximum absolute atomic E-state index is 12.4. The molecule has 3 aliphatic rings. The van der Waals surface area contributed by atoms with Gasteiger partial charge in [-0.1, -0.05) is 18.9 Å². The van der Waals surface area contributed by atoms with Gasteiger partial charge in [0.15, 0.2) is 0 Å². The summed E-state index contributed by atoms with van der Waals surface area (Å²) in [5.74, 6) is 1.57. The summed E-state index contributed by atoms with van der Waals surface area (Å²) in [5.41, 5.74) is 1.62. The number of likely N-dealkylation sites (tertiary alicyclic amines) is 1. The number of aliphatic hydroxyl groups is 1. The molecule has 0 aromatic heterocycles. The van der Waals surface area contributed by atoms with Gasteiger partial charge in [0.2, 0.25) is 5.91 Å². The first-order valence-electron chi connectivity index (χ1n) is 9.28. The third-order valence-electron chi connectivity index (χ3n) is 6.01. The van der Waals surface area contributed by atoms with Crippen molar-refractivity contribution in [3.05, 3.63) is 29.3 Å². The van der Waals surface area contributed by atoms with Crippen molar-refractivity contribution in [1.82, 2.24) is 4.90 Å². The van der Waals surface area contributed by atoms with Gasteiger partial charge < -0.3 is 14.7 Å². The van der Waals surface area contributed by atoms with Gasteiger partial charge in [-0.3, -0.25) is 4.79 Å². The zero-order valence-corrected chi connectivity index (χ0v) is 14.6. The molecule has 2 heterocycles. The molecule has 4 nitrogen and oxygen atoms in total. The number of rotatable bonds is 2. The highest BCUT2D eigenvalue weighted by Gasteiger charge is 2.47. The molecule has 1 N–H and O–H groups in total. The second-order valence-corrected chi connectivity index (χ2v) is 8.06. The molecule has 2 aliphatic heterocycles. The molecule has 4 heteroatoms. The van der Waals surface area contributed by atoms with Crippen molar-refractivity contribution < 1.29 is 14.6 Å². The van der Waals surface area contributed by atoms with Crippen molar-refractivity contribution >= 4 is 5.91 Å². The molecule has 4 rings (SSSR count). The van der Waals surface area contributed by atoms with Crippen molar-refractivity contribution in [2.45, 2.75) is 76.0 Å². The molecule has 1 aromatic carbocycles. The average Bonchev–Trinajstić information content (AvgIpc) is 3.20. The molecule has 2 fully saturated rings. The van der Waals surface area contributed by atoms with Crippen molar-refractivity contribution in [3.8, 4) is 5.75 Å². The minimum absolute atomic E-state index is 0.147. The standard InChI is InChI=1S/C20H27NO3/c1-20(2)19(23)18(21-11-5-8-17(21)22)15-12-14(9-10-16(15)24-20)13-6-3-4-7-13/h9-10,12-13,18-19,23H,3-8,11H2,1-2H3/t18?,19-/m0/s1. The van der Waals surface area contributed by atoms with E-state index in [1.165, 1.54) is 31.2 Å². The van der Waals surface area contributed by atoms with Crippen LogP contribution in [-0.4, -0.2) is 34.2 Å². The normalized spacial score (nSPS) is 29.6. The van der Waals surface area contributed by atoms with Gasteiger partial charge in [0.25, 0.3) is 0 Å². The molecule has 24 heavy (non-hydrogen) atoms. The van der Waals surface area contributed by atoms with E-state index in [0.717, 1.165) is 24.3 Å². The summed E-state index contributed by atoms with van der Waals surface area (Å²) >= 11 is 0. The number of fused-ring (bicyclic) bond motifs is 1. The fourth-order valence-corrected chi connectivity index (χ4v) is 4.60. The predicted molar refractivity (Wildman–Crippen MR) is 92.1 cm³/mol. The largest absolute Gasteiger partial charge is 0.485 e. The van der Waals surface area contributed by atoms with Gasteiger partial charge >= 0.3 is 0 Å². The molecule has 1 unspecified atom stereocenters. The Bertz CT molecular complexity index is 648. The molecule has 0 radical (unpaired) electrons. The van der Waals surface area contributed by atoms with Crippen LogP contribution in [-0.2, 0) is 4.79 Å². The Kier molecular flexibility index (Phi) is 3.83. The van der Waals surface area contributed by atoms with Crippen molar-refractivity contribution in [2.24, 2.45) is 0 Å². The molecule has 0 spiro atoms. The van der Waals surface area contributed by atoms with Gasteiger partial charge in [0.1, 0.15) is 17.5 Å². The quantitative estimate of drug-likeness (QED) is 0.903. The zero-order chi connectivity index (χ0) is 16.9. The van der Waals surface area contributed by atoms with Crippen LogP contribution in [0.2, 0.25) is 0 Å². The van der Waals surface area contributed by atoms with E-state index in [1.807, 2.05) is 24.8 Å². The lowest BCUT2D eigenvalue weighted by atomic mass is 9.83. The lowest BCUT2D eigenvalue weighted by Crippen LogP contribution is -2.53. The molecule has 130 valence electrons. The molecule has 1 aliphatic carbocycles. The monoisotopic (exact) mass is 329 g/mol. The summed E-state index contributed by atoms with van der Waals surface area (Å²) in [4.78, 5) is 14.2. The highest BCUT2D eigenvalue weighted by Crippen LogP contribution is 2.46. The number of benzene rings is 1. The number of carbonyl (C=O) groups is 1. The first-order chi connectivity index (χ1) is 11.5. The van der Waals surface area contributed by atoms with Gasteiger partial charge in [0, 0.05) is 18.5 Å². The topological polar surface area (TPSA) is 49.8 Å². The Morgan fingerprint density at radius 2 is 1.96 bits per heavy atom. The Morgan fingerprint density at radius 3 is 2.62 bits per heavy atom. The lowest BCUT2D eigenvalue weighted by Gasteiger charge is -2.45. The van der Waals surface area contributed by atoms with Crippen LogP contribution in [0.25, 0.3) is 0 Å². The average molecular weight is 329 g/mol. The fourth-order valence-electron chi connectivity index (χ4n) is 4.60. The maximum Gasteiger partial charge on any atom is 0.223 e. The first kappa shape index (κ1) is 15.9.